The fourth-order valence-electron chi connectivity index (χ4n) is 2.69. The Bertz CT molecular complexity index is 168. The number of hydrogen-bond donors (Lipinski definition) is 1. The van der Waals surface area contributed by atoms with E-state index in [0.717, 1.165) is 11.8 Å². The number of likely N-dealkylation sites (tertiary alicyclic amines) is 1. The standard InChI is InChI=1S/C12H25NO/c1-9(2)5-11-6-12(8-14)13(7-11)10(3)4/h9-12,14H,5-8H2,1-4H3. The van der Waals surface area contributed by atoms with Crippen LogP contribution in [-0.2, 0) is 0 Å². The largest absolute Gasteiger partial charge is 0.395 e. The van der Waals surface area contributed by atoms with Gasteiger partial charge in [-0.2, -0.15) is 0 Å². The van der Waals surface area contributed by atoms with Crippen LogP contribution in [0.4, 0.5) is 0 Å². The maximum absolute atomic E-state index is 9.30. The van der Waals surface area contributed by atoms with Crippen LogP contribution in [0.5, 0.6) is 0 Å². The normalized spacial score (nSPS) is 29.4. The summed E-state index contributed by atoms with van der Waals surface area (Å²) < 4.78 is 0. The van der Waals surface area contributed by atoms with Crippen molar-refractivity contribution in [3.63, 3.8) is 0 Å². The number of nitrogens with zero attached hydrogens (tertiary/aromatic N) is 1. The van der Waals surface area contributed by atoms with Gasteiger partial charge in [0.25, 0.3) is 0 Å². The molecule has 0 aromatic rings. The minimum absolute atomic E-state index is 0.326. The molecule has 1 N–H and O–H groups in total. The van der Waals surface area contributed by atoms with Gasteiger partial charge in [-0.05, 0) is 38.5 Å². The molecule has 0 radical (unpaired) electrons. The zero-order valence-corrected chi connectivity index (χ0v) is 10.0. The van der Waals surface area contributed by atoms with Crippen molar-refractivity contribution in [3.8, 4) is 0 Å². The Morgan fingerprint density at radius 3 is 2.29 bits per heavy atom. The molecular formula is C12H25NO. The van der Waals surface area contributed by atoms with Crippen LogP contribution >= 0.6 is 0 Å². The molecular weight excluding hydrogens is 174 g/mol. The van der Waals surface area contributed by atoms with Gasteiger partial charge in [-0.3, -0.25) is 4.90 Å². The van der Waals surface area contributed by atoms with E-state index in [1.807, 2.05) is 0 Å². The molecule has 2 unspecified atom stereocenters. The lowest BCUT2D eigenvalue weighted by Gasteiger charge is -2.26. The molecule has 84 valence electrons. The first-order chi connectivity index (χ1) is 6.54. The van der Waals surface area contributed by atoms with Crippen molar-refractivity contribution in [1.29, 1.82) is 0 Å². The summed E-state index contributed by atoms with van der Waals surface area (Å²) in [6.45, 7) is 10.5. The first kappa shape index (κ1) is 12.0. The van der Waals surface area contributed by atoms with E-state index in [0.29, 0.717) is 18.7 Å². The molecule has 0 saturated carbocycles. The highest BCUT2D eigenvalue weighted by molar-refractivity contribution is 4.86. The van der Waals surface area contributed by atoms with Gasteiger partial charge in [0.2, 0.25) is 0 Å². The van der Waals surface area contributed by atoms with Crippen LogP contribution in [0.1, 0.15) is 40.5 Å². The minimum Gasteiger partial charge on any atom is -0.395 e. The van der Waals surface area contributed by atoms with Gasteiger partial charge in [0.1, 0.15) is 0 Å². The van der Waals surface area contributed by atoms with E-state index >= 15 is 0 Å². The van der Waals surface area contributed by atoms with Crippen LogP contribution < -0.4 is 0 Å². The molecule has 1 fully saturated rings. The highest BCUT2D eigenvalue weighted by Gasteiger charge is 2.32. The summed E-state index contributed by atoms with van der Waals surface area (Å²) in [7, 11) is 0. The van der Waals surface area contributed by atoms with E-state index in [1.54, 1.807) is 0 Å². The van der Waals surface area contributed by atoms with Gasteiger partial charge in [0, 0.05) is 18.6 Å². The van der Waals surface area contributed by atoms with E-state index in [2.05, 4.69) is 32.6 Å². The molecule has 0 aliphatic carbocycles. The highest BCUT2D eigenvalue weighted by Crippen LogP contribution is 2.29. The summed E-state index contributed by atoms with van der Waals surface area (Å²) >= 11 is 0. The molecule has 0 amide bonds. The van der Waals surface area contributed by atoms with Gasteiger partial charge in [0.15, 0.2) is 0 Å². The second-order valence-corrected chi connectivity index (χ2v) is 5.36. The molecule has 2 atom stereocenters. The summed E-state index contributed by atoms with van der Waals surface area (Å²) in [5.74, 6) is 1.58. The Kier molecular flexibility index (Phi) is 4.39. The Morgan fingerprint density at radius 2 is 1.93 bits per heavy atom. The number of rotatable bonds is 4. The molecule has 1 heterocycles. The summed E-state index contributed by atoms with van der Waals surface area (Å²) in [5.41, 5.74) is 0. The third kappa shape index (κ3) is 2.96. The molecule has 1 rings (SSSR count). The lowest BCUT2D eigenvalue weighted by molar-refractivity contribution is 0.132. The van der Waals surface area contributed by atoms with E-state index in [1.165, 1.54) is 19.4 Å². The number of aliphatic hydroxyl groups is 1. The van der Waals surface area contributed by atoms with Gasteiger partial charge in [0.05, 0.1) is 6.61 Å². The van der Waals surface area contributed by atoms with E-state index in [9.17, 15) is 5.11 Å². The van der Waals surface area contributed by atoms with Crippen LogP contribution in [-0.4, -0.2) is 35.2 Å². The molecule has 0 bridgehead atoms. The Morgan fingerprint density at radius 1 is 1.29 bits per heavy atom. The SMILES string of the molecule is CC(C)CC1CC(CO)N(C(C)C)C1. The predicted octanol–water partition coefficient (Wildman–Crippen LogP) is 2.12. The molecule has 0 aromatic carbocycles. The third-order valence-electron chi connectivity index (χ3n) is 3.22. The lowest BCUT2D eigenvalue weighted by atomic mass is 9.95. The van der Waals surface area contributed by atoms with Crippen molar-refractivity contribution in [2.24, 2.45) is 11.8 Å². The average molecular weight is 199 g/mol. The van der Waals surface area contributed by atoms with Gasteiger partial charge in [-0.25, -0.2) is 0 Å². The zero-order valence-electron chi connectivity index (χ0n) is 10.0. The van der Waals surface area contributed by atoms with Crippen LogP contribution in [0, 0.1) is 11.8 Å². The Balaban J connectivity index is 2.47. The fraction of sp³-hybridized carbons (Fsp3) is 1.00. The summed E-state index contributed by atoms with van der Waals surface area (Å²) in [5, 5.41) is 9.30. The Labute approximate surface area is 88.3 Å². The second-order valence-electron chi connectivity index (χ2n) is 5.36. The monoisotopic (exact) mass is 199 g/mol. The maximum Gasteiger partial charge on any atom is 0.0587 e. The van der Waals surface area contributed by atoms with E-state index in [4.69, 9.17) is 0 Å². The van der Waals surface area contributed by atoms with Crippen molar-refractivity contribution in [1.82, 2.24) is 4.90 Å². The molecule has 2 heteroatoms. The molecule has 2 nitrogen and oxygen atoms in total. The van der Waals surface area contributed by atoms with Gasteiger partial charge in [-0.1, -0.05) is 13.8 Å². The average Bonchev–Trinajstić information content (AvgIpc) is 2.46. The van der Waals surface area contributed by atoms with Crippen molar-refractivity contribution >= 4 is 0 Å². The fourth-order valence-corrected chi connectivity index (χ4v) is 2.69. The molecule has 1 aliphatic heterocycles. The van der Waals surface area contributed by atoms with Gasteiger partial charge >= 0.3 is 0 Å². The molecule has 1 saturated heterocycles. The van der Waals surface area contributed by atoms with E-state index in [-0.39, 0.29) is 0 Å². The first-order valence-electron chi connectivity index (χ1n) is 5.91. The highest BCUT2D eigenvalue weighted by atomic mass is 16.3. The quantitative estimate of drug-likeness (QED) is 0.749. The van der Waals surface area contributed by atoms with Gasteiger partial charge < -0.3 is 5.11 Å². The van der Waals surface area contributed by atoms with Crippen molar-refractivity contribution in [3.05, 3.63) is 0 Å². The summed E-state index contributed by atoms with van der Waals surface area (Å²) in [6.07, 6.45) is 2.49. The van der Waals surface area contributed by atoms with Crippen LogP contribution in [0.25, 0.3) is 0 Å². The predicted molar refractivity (Wildman–Crippen MR) is 60.3 cm³/mol. The minimum atomic E-state index is 0.326. The van der Waals surface area contributed by atoms with Gasteiger partial charge in [-0.15, -0.1) is 0 Å². The summed E-state index contributed by atoms with van der Waals surface area (Å²) in [6, 6.07) is 0.989. The lowest BCUT2D eigenvalue weighted by Crippen LogP contribution is -2.37. The maximum atomic E-state index is 9.30. The number of aliphatic hydroxyl groups excluding tert-OH is 1. The van der Waals surface area contributed by atoms with Crippen LogP contribution in [0.15, 0.2) is 0 Å². The van der Waals surface area contributed by atoms with Crippen molar-refractivity contribution in [2.75, 3.05) is 13.2 Å². The van der Waals surface area contributed by atoms with Crippen LogP contribution in [0.2, 0.25) is 0 Å². The van der Waals surface area contributed by atoms with Crippen molar-refractivity contribution < 1.29 is 5.11 Å². The van der Waals surface area contributed by atoms with E-state index < -0.39 is 0 Å². The van der Waals surface area contributed by atoms with Crippen LogP contribution in [0.3, 0.4) is 0 Å². The first-order valence-corrected chi connectivity index (χ1v) is 5.91. The summed E-state index contributed by atoms with van der Waals surface area (Å²) in [4.78, 5) is 2.45. The smallest absolute Gasteiger partial charge is 0.0587 e. The third-order valence-corrected chi connectivity index (χ3v) is 3.22. The number of hydrogen-bond acceptors (Lipinski definition) is 2. The zero-order chi connectivity index (χ0) is 10.7. The molecule has 1 aliphatic rings. The molecule has 0 spiro atoms. The second kappa shape index (κ2) is 5.13. The Hall–Kier alpha value is -0.0800. The topological polar surface area (TPSA) is 23.5 Å². The van der Waals surface area contributed by atoms with Crippen molar-refractivity contribution in [2.45, 2.75) is 52.6 Å². The molecule has 14 heavy (non-hydrogen) atoms. The molecule has 0 aromatic heterocycles.